The van der Waals surface area contributed by atoms with Gasteiger partial charge >= 0.3 is 0 Å². The van der Waals surface area contributed by atoms with Gasteiger partial charge in [-0.2, -0.15) is 0 Å². The van der Waals surface area contributed by atoms with Gasteiger partial charge in [0.15, 0.2) is 0 Å². The third kappa shape index (κ3) is 7.14. The standard InChI is InChI=1S/C29H42N4O4S2/c1-38(34,35)31-25-10-5-22(6-11-25)9-14-28-27-21-33(20-24(19-30-28)29(27)16-3-4-17-29)18-15-23-7-12-26(13-8-23)32-39(2,36)37/h5-8,10-13,24,27-28,30-32H,3-4,9,14-21H2,1-2H3. The van der Waals surface area contributed by atoms with Gasteiger partial charge in [0.05, 0.1) is 12.5 Å². The van der Waals surface area contributed by atoms with E-state index in [9.17, 15) is 16.8 Å². The Morgan fingerprint density at radius 3 is 1.90 bits per heavy atom. The molecule has 1 aliphatic carbocycles. The summed E-state index contributed by atoms with van der Waals surface area (Å²) in [6, 6.07) is 16.0. The number of rotatable bonds is 10. The fourth-order valence-electron chi connectivity index (χ4n) is 7.38. The zero-order valence-electron chi connectivity index (χ0n) is 23.0. The smallest absolute Gasteiger partial charge is 0.229 e. The predicted molar refractivity (Wildman–Crippen MR) is 158 cm³/mol. The lowest BCUT2D eigenvalue weighted by molar-refractivity contribution is -0.0693. The van der Waals surface area contributed by atoms with Gasteiger partial charge in [0.1, 0.15) is 0 Å². The van der Waals surface area contributed by atoms with Crippen LogP contribution in [0.15, 0.2) is 48.5 Å². The Hall–Kier alpha value is -2.14. The third-order valence-electron chi connectivity index (χ3n) is 9.11. The molecule has 2 aromatic carbocycles. The maximum absolute atomic E-state index is 11.5. The molecule has 0 radical (unpaired) electrons. The van der Waals surface area contributed by atoms with Crippen molar-refractivity contribution >= 4 is 31.4 Å². The highest BCUT2D eigenvalue weighted by atomic mass is 32.2. The first-order chi connectivity index (χ1) is 18.5. The Morgan fingerprint density at radius 1 is 0.821 bits per heavy atom. The second-order valence-electron chi connectivity index (χ2n) is 11.9. The number of nitrogens with one attached hydrogen (secondary N) is 3. The Morgan fingerprint density at radius 2 is 1.36 bits per heavy atom. The molecule has 2 bridgehead atoms. The lowest BCUT2D eigenvalue weighted by Crippen LogP contribution is -2.65. The predicted octanol–water partition coefficient (Wildman–Crippen LogP) is 3.69. The lowest BCUT2D eigenvalue weighted by atomic mass is 9.57. The lowest BCUT2D eigenvalue weighted by Gasteiger charge is -2.58. The zero-order valence-corrected chi connectivity index (χ0v) is 24.7. The summed E-state index contributed by atoms with van der Waals surface area (Å²) in [5, 5.41) is 3.93. The summed E-state index contributed by atoms with van der Waals surface area (Å²) in [6.45, 7) is 4.38. The average Bonchev–Trinajstić information content (AvgIpc) is 3.32. The van der Waals surface area contributed by atoms with E-state index in [1.54, 1.807) is 0 Å². The van der Waals surface area contributed by atoms with Crippen molar-refractivity contribution in [1.82, 2.24) is 10.2 Å². The molecule has 3 unspecified atom stereocenters. The van der Waals surface area contributed by atoms with E-state index in [0.717, 1.165) is 45.4 Å². The van der Waals surface area contributed by atoms with Crippen molar-refractivity contribution in [2.75, 3.05) is 48.1 Å². The quantitative estimate of drug-likeness (QED) is 0.400. The number of anilines is 2. The van der Waals surface area contributed by atoms with E-state index in [1.807, 2.05) is 48.5 Å². The minimum Gasteiger partial charge on any atom is -0.313 e. The average molecular weight is 575 g/mol. The molecular weight excluding hydrogens is 532 g/mol. The van der Waals surface area contributed by atoms with Gasteiger partial charge in [-0.1, -0.05) is 37.1 Å². The van der Waals surface area contributed by atoms with Crippen LogP contribution in [0, 0.1) is 17.3 Å². The molecule has 2 heterocycles. The number of piperidine rings is 2. The second kappa shape index (κ2) is 11.4. The second-order valence-corrected chi connectivity index (χ2v) is 15.4. The van der Waals surface area contributed by atoms with Crippen molar-refractivity contribution in [3.63, 3.8) is 0 Å². The number of aryl methyl sites for hydroxylation is 1. The van der Waals surface area contributed by atoms with Gasteiger partial charge in [-0.3, -0.25) is 9.44 Å². The van der Waals surface area contributed by atoms with E-state index in [4.69, 9.17) is 0 Å². The molecule has 8 nitrogen and oxygen atoms in total. The van der Waals surface area contributed by atoms with Crippen molar-refractivity contribution in [2.45, 2.75) is 51.0 Å². The van der Waals surface area contributed by atoms with Crippen LogP contribution in [0.2, 0.25) is 0 Å². The molecular formula is C29H42N4O4S2. The van der Waals surface area contributed by atoms with Crippen LogP contribution in [0.1, 0.15) is 43.2 Å². The molecule has 0 amide bonds. The number of likely N-dealkylation sites (tertiary alicyclic amines) is 1. The summed E-state index contributed by atoms with van der Waals surface area (Å²) in [6.07, 6.45) is 10.8. The molecule has 39 heavy (non-hydrogen) atoms. The van der Waals surface area contributed by atoms with E-state index in [0.29, 0.717) is 34.7 Å². The van der Waals surface area contributed by atoms with Gasteiger partial charge < -0.3 is 10.2 Å². The van der Waals surface area contributed by atoms with Crippen LogP contribution >= 0.6 is 0 Å². The topological polar surface area (TPSA) is 108 Å². The fourth-order valence-corrected chi connectivity index (χ4v) is 8.51. The van der Waals surface area contributed by atoms with Crippen LogP contribution in [-0.4, -0.2) is 66.5 Å². The van der Waals surface area contributed by atoms with Gasteiger partial charge in [0.2, 0.25) is 20.0 Å². The summed E-state index contributed by atoms with van der Waals surface area (Å²) < 4.78 is 51.1. The molecule has 5 rings (SSSR count). The van der Waals surface area contributed by atoms with Crippen LogP contribution in [0.4, 0.5) is 11.4 Å². The Bertz CT molecular complexity index is 1340. The molecule has 2 aromatic rings. The highest BCUT2D eigenvalue weighted by Crippen LogP contribution is 2.55. The summed E-state index contributed by atoms with van der Waals surface area (Å²) >= 11 is 0. The first-order valence-corrected chi connectivity index (χ1v) is 17.9. The Kier molecular flexibility index (Phi) is 8.29. The molecule has 0 aromatic heterocycles. The molecule has 3 aliphatic rings. The van der Waals surface area contributed by atoms with Gasteiger partial charge in [0, 0.05) is 37.1 Å². The van der Waals surface area contributed by atoms with E-state index >= 15 is 0 Å². The Labute approximate surface area is 234 Å². The van der Waals surface area contributed by atoms with Crippen molar-refractivity contribution in [2.24, 2.45) is 17.3 Å². The van der Waals surface area contributed by atoms with Crippen molar-refractivity contribution in [1.29, 1.82) is 0 Å². The first-order valence-electron chi connectivity index (χ1n) is 14.1. The van der Waals surface area contributed by atoms with Crippen molar-refractivity contribution < 1.29 is 16.8 Å². The van der Waals surface area contributed by atoms with E-state index < -0.39 is 20.0 Å². The maximum atomic E-state index is 11.5. The van der Waals surface area contributed by atoms with Crippen molar-refractivity contribution in [3.8, 4) is 0 Å². The zero-order chi connectivity index (χ0) is 27.7. The minimum absolute atomic E-state index is 0.467. The van der Waals surface area contributed by atoms with Gasteiger partial charge in [-0.25, -0.2) is 16.8 Å². The molecule has 3 N–H and O–H groups in total. The van der Waals surface area contributed by atoms with Crippen LogP contribution < -0.4 is 14.8 Å². The van der Waals surface area contributed by atoms with Crippen LogP contribution in [0.3, 0.4) is 0 Å². The van der Waals surface area contributed by atoms with E-state index in [-0.39, 0.29) is 0 Å². The molecule has 3 atom stereocenters. The normalized spacial score (nSPS) is 25.0. The molecule has 2 saturated heterocycles. The van der Waals surface area contributed by atoms with Crippen LogP contribution in [-0.2, 0) is 32.9 Å². The van der Waals surface area contributed by atoms with Gasteiger partial charge in [0.25, 0.3) is 0 Å². The number of benzene rings is 2. The first kappa shape index (κ1) is 28.4. The van der Waals surface area contributed by atoms with Crippen molar-refractivity contribution in [3.05, 3.63) is 59.7 Å². The summed E-state index contributed by atoms with van der Waals surface area (Å²) in [4.78, 5) is 2.67. The van der Waals surface area contributed by atoms with E-state index in [1.165, 1.54) is 49.3 Å². The SMILES string of the molecule is CS(=O)(=O)Nc1ccc(CCC2NCC3CN(CCc4ccc(NS(C)(=O)=O)cc4)CC2C32CCCC2)cc1. The molecule has 1 saturated carbocycles. The number of hydrogen-bond donors (Lipinski definition) is 3. The molecule has 10 heteroatoms. The number of sulfonamides is 2. The Balaban J connectivity index is 1.21. The highest BCUT2D eigenvalue weighted by Gasteiger charge is 2.55. The van der Waals surface area contributed by atoms with E-state index in [2.05, 4.69) is 19.7 Å². The summed E-state index contributed by atoms with van der Waals surface area (Å²) in [7, 11) is -6.53. The summed E-state index contributed by atoms with van der Waals surface area (Å²) in [5.74, 6) is 1.33. The maximum Gasteiger partial charge on any atom is 0.229 e. The number of hydrogen-bond acceptors (Lipinski definition) is 6. The molecule has 2 aliphatic heterocycles. The summed E-state index contributed by atoms with van der Waals surface area (Å²) in [5.41, 5.74) is 4.14. The third-order valence-corrected chi connectivity index (χ3v) is 10.3. The van der Waals surface area contributed by atoms with Crippen LogP contribution in [0.5, 0.6) is 0 Å². The fraction of sp³-hybridized carbons (Fsp3) is 0.586. The van der Waals surface area contributed by atoms with Gasteiger partial charge in [-0.15, -0.1) is 0 Å². The monoisotopic (exact) mass is 574 g/mol. The highest BCUT2D eigenvalue weighted by molar-refractivity contribution is 7.92. The van der Waals surface area contributed by atoms with Crippen LogP contribution in [0.25, 0.3) is 0 Å². The largest absolute Gasteiger partial charge is 0.313 e. The molecule has 1 spiro atoms. The number of nitrogens with zero attached hydrogens (tertiary/aromatic N) is 1. The van der Waals surface area contributed by atoms with Gasteiger partial charge in [-0.05, 0) is 91.3 Å². The molecule has 214 valence electrons. The minimum atomic E-state index is -3.27. The molecule has 3 fully saturated rings.